The summed E-state index contributed by atoms with van der Waals surface area (Å²) in [6.07, 6.45) is -7.62. The number of aryl methyl sites for hydroxylation is 1. The van der Waals surface area contributed by atoms with Crippen molar-refractivity contribution in [3.8, 4) is 5.75 Å². The summed E-state index contributed by atoms with van der Waals surface area (Å²) in [6, 6.07) is 2.51. The molecule has 5 unspecified atom stereocenters. The zero-order chi connectivity index (χ0) is 23.7. The van der Waals surface area contributed by atoms with Crippen molar-refractivity contribution < 1.29 is 44.6 Å². The van der Waals surface area contributed by atoms with Crippen LogP contribution in [0.3, 0.4) is 0 Å². The Morgan fingerprint density at radius 3 is 2.47 bits per heavy atom. The third kappa shape index (κ3) is 4.52. The number of phenolic OH excluding ortho intramolecular Hbond substituents is 1. The van der Waals surface area contributed by atoms with E-state index in [1.54, 1.807) is 13.8 Å². The Morgan fingerprint density at radius 2 is 1.84 bits per heavy atom. The summed E-state index contributed by atoms with van der Waals surface area (Å²) in [5.41, 5.74) is 0.112. The van der Waals surface area contributed by atoms with E-state index in [1.165, 1.54) is 12.1 Å². The number of hydrogen-bond donors (Lipinski definition) is 6. The van der Waals surface area contributed by atoms with Gasteiger partial charge < -0.3 is 39.8 Å². The smallest absolute Gasteiger partial charge is 0.325 e. The second-order valence-corrected chi connectivity index (χ2v) is 7.78. The molecule has 11 heteroatoms. The van der Waals surface area contributed by atoms with Crippen molar-refractivity contribution in [2.75, 3.05) is 13.2 Å². The first-order valence-corrected chi connectivity index (χ1v) is 9.86. The van der Waals surface area contributed by atoms with E-state index in [0.717, 1.165) is 0 Å². The number of aliphatic hydroxyl groups is 4. The fourth-order valence-corrected chi connectivity index (χ4v) is 3.79. The number of carboxylic acids is 1. The van der Waals surface area contributed by atoms with Gasteiger partial charge in [-0.05, 0) is 25.5 Å². The van der Waals surface area contributed by atoms with Crippen LogP contribution in [-0.4, -0.2) is 79.9 Å². The quantitative estimate of drug-likeness (QED) is 0.310. The number of ether oxygens (including phenoxy) is 1. The van der Waals surface area contributed by atoms with Crippen molar-refractivity contribution in [2.45, 2.75) is 50.8 Å². The van der Waals surface area contributed by atoms with Crippen molar-refractivity contribution in [3.63, 3.8) is 0 Å². The molecule has 0 saturated carbocycles. The molecule has 5 atom stereocenters. The number of aliphatic carboxylic acids is 1. The first kappa shape index (κ1) is 23.8. The average molecular weight is 451 g/mol. The minimum absolute atomic E-state index is 0.0152. The summed E-state index contributed by atoms with van der Waals surface area (Å²) in [4.78, 5) is 27.4. The number of phenols is 1. The summed E-state index contributed by atoms with van der Waals surface area (Å²) < 4.78 is 11.4. The molecule has 1 fully saturated rings. The minimum atomic E-state index is -1.70. The van der Waals surface area contributed by atoms with Crippen molar-refractivity contribution in [2.24, 2.45) is 4.99 Å². The number of aromatic hydroxyl groups is 1. The van der Waals surface area contributed by atoms with Gasteiger partial charge >= 0.3 is 5.97 Å². The van der Waals surface area contributed by atoms with E-state index in [-0.39, 0.29) is 34.5 Å². The molecule has 2 aromatic rings. The number of benzene rings is 1. The second-order valence-electron chi connectivity index (χ2n) is 7.78. The van der Waals surface area contributed by atoms with Crippen LogP contribution in [0.4, 0.5) is 0 Å². The predicted molar refractivity (Wildman–Crippen MR) is 111 cm³/mol. The first-order valence-electron chi connectivity index (χ1n) is 9.86. The number of aliphatic hydroxyl groups excluding tert-OH is 4. The Morgan fingerprint density at radius 1 is 1.16 bits per heavy atom. The fraction of sp³-hybridized carbons (Fsp3) is 0.476. The Labute approximate surface area is 181 Å². The molecular weight excluding hydrogens is 426 g/mol. The number of hydrogen-bond acceptors (Lipinski definition) is 10. The molecule has 2 heterocycles. The number of carbonyl (C=O) groups is 1. The highest BCUT2D eigenvalue weighted by atomic mass is 16.5. The van der Waals surface area contributed by atoms with Gasteiger partial charge in [0.05, 0.1) is 17.6 Å². The van der Waals surface area contributed by atoms with Gasteiger partial charge in [-0.3, -0.25) is 14.6 Å². The summed E-state index contributed by atoms with van der Waals surface area (Å²) >= 11 is 0. The van der Waals surface area contributed by atoms with E-state index < -0.39 is 55.1 Å². The summed E-state index contributed by atoms with van der Waals surface area (Å²) in [7, 11) is 0. The third-order valence-corrected chi connectivity index (χ3v) is 5.36. The first-order chi connectivity index (χ1) is 15.0. The number of carboxylic acid groups (broad SMARTS) is 1. The van der Waals surface area contributed by atoms with Crippen molar-refractivity contribution in [1.29, 1.82) is 0 Å². The van der Waals surface area contributed by atoms with E-state index in [1.807, 2.05) is 0 Å². The largest absolute Gasteiger partial charge is 0.507 e. The van der Waals surface area contributed by atoms with Gasteiger partial charge in [0.1, 0.15) is 54.2 Å². The Kier molecular flexibility index (Phi) is 6.96. The molecule has 11 nitrogen and oxygen atoms in total. The molecule has 0 bridgehead atoms. The lowest BCUT2D eigenvalue weighted by Gasteiger charge is -2.40. The molecule has 174 valence electrons. The van der Waals surface area contributed by atoms with Gasteiger partial charge in [-0.15, -0.1) is 0 Å². The lowest BCUT2D eigenvalue weighted by molar-refractivity contribution is -0.231. The standard InChI is InChI=1S/C21H25NO10/c1-8-3-11(24)16(21-19(30)18(29)17(28)13(7-23)32-21)20-15(8)12(25)5-10(31-20)4-9(2)22-6-14(26)27/h3,5,13,17-19,21,23-24,28-30H,4,6-7H2,1-2H3,(H,26,27). The van der Waals surface area contributed by atoms with Gasteiger partial charge in [0.25, 0.3) is 0 Å². The molecule has 0 aliphatic carbocycles. The van der Waals surface area contributed by atoms with Gasteiger partial charge in [-0.1, -0.05) is 0 Å². The third-order valence-electron chi connectivity index (χ3n) is 5.36. The van der Waals surface area contributed by atoms with E-state index in [9.17, 15) is 35.1 Å². The van der Waals surface area contributed by atoms with Gasteiger partial charge in [0.2, 0.25) is 0 Å². The maximum atomic E-state index is 12.8. The van der Waals surface area contributed by atoms with Crippen LogP contribution in [0.2, 0.25) is 0 Å². The Hall–Kier alpha value is -2.83. The Bertz CT molecular complexity index is 1110. The summed E-state index contributed by atoms with van der Waals surface area (Å²) in [6.45, 7) is 2.04. The Balaban J connectivity index is 2.16. The molecule has 0 amide bonds. The van der Waals surface area contributed by atoms with Crippen LogP contribution in [-0.2, 0) is 16.0 Å². The second kappa shape index (κ2) is 9.35. The average Bonchev–Trinajstić information content (AvgIpc) is 2.71. The minimum Gasteiger partial charge on any atom is -0.507 e. The van der Waals surface area contributed by atoms with Crippen LogP contribution < -0.4 is 5.43 Å². The highest BCUT2D eigenvalue weighted by Crippen LogP contribution is 2.41. The number of aliphatic imine (C=N–C) groups is 1. The van der Waals surface area contributed by atoms with Crippen LogP contribution in [0.25, 0.3) is 11.0 Å². The molecule has 3 rings (SSSR count). The van der Waals surface area contributed by atoms with Gasteiger partial charge in [-0.2, -0.15) is 0 Å². The molecule has 1 aliphatic rings. The molecule has 0 radical (unpaired) electrons. The van der Waals surface area contributed by atoms with Crippen LogP contribution >= 0.6 is 0 Å². The van der Waals surface area contributed by atoms with Gasteiger partial charge in [-0.25, -0.2) is 0 Å². The van der Waals surface area contributed by atoms with Crippen molar-refractivity contribution in [1.82, 2.24) is 0 Å². The monoisotopic (exact) mass is 451 g/mol. The molecule has 32 heavy (non-hydrogen) atoms. The lowest BCUT2D eigenvalue weighted by Crippen LogP contribution is -2.55. The normalized spacial score (nSPS) is 26.4. The number of fused-ring (bicyclic) bond motifs is 1. The maximum Gasteiger partial charge on any atom is 0.325 e. The predicted octanol–water partition coefficient (Wildman–Crippen LogP) is -0.590. The van der Waals surface area contributed by atoms with Crippen molar-refractivity contribution >= 4 is 22.7 Å². The molecule has 1 aliphatic heterocycles. The van der Waals surface area contributed by atoms with Gasteiger partial charge in [0, 0.05) is 18.2 Å². The van der Waals surface area contributed by atoms with Crippen LogP contribution in [0, 0.1) is 6.92 Å². The SMILES string of the molecule is CC(Cc1cc(=O)c2c(C)cc(O)c(C3OC(CO)C(O)C(O)C3O)c2o1)=NCC(=O)O. The fourth-order valence-electron chi connectivity index (χ4n) is 3.79. The zero-order valence-corrected chi connectivity index (χ0v) is 17.4. The summed E-state index contributed by atoms with van der Waals surface area (Å²) in [5, 5.41) is 59.7. The zero-order valence-electron chi connectivity index (χ0n) is 17.4. The topological polar surface area (TPSA) is 190 Å². The van der Waals surface area contributed by atoms with Crippen LogP contribution in [0.15, 0.2) is 26.3 Å². The number of nitrogens with zero attached hydrogens (tertiary/aromatic N) is 1. The van der Waals surface area contributed by atoms with E-state index in [0.29, 0.717) is 11.3 Å². The number of rotatable bonds is 6. The highest BCUT2D eigenvalue weighted by molar-refractivity contribution is 5.88. The molecular formula is C21H25NO10. The van der Waals surface area contributed by atoms with Gasteiger partial charge in [0.15, 0.2) is 5.43 Å². The lowest BCUT2D eigenvalue weighted by atomic mass is 9.89. The molecule has 1 aromatic heterocycles. The maximum absolute atomic E-state index is 12.8. The molecule has 6 N–H and O–H groups in total. The summed E-state index contributed by atoms with van der Waals surface area (Å²) in [5.74, 6) is -1.37. The van der Waals surface area contributed by atoms with Crippen molar-refractivity contribution in [3.05, 3.63) is 39.2 Å². The molecule has 1 saturated heterocycles. The molecule has 0 spiro atoms. The van der Waals surface area contributed by atoms with Crippen LogP contribution in [0.1, 0.15) is 29.9 Å². The highest BCUT2D eigenvalue weighted by Gasteiger charge is 2.45. The van der Waals surface area contributed by atoms with E-state index in [4.69, 9.17) is 14.3 Å². The molecule has 1 aromatic carbocycles. The van der Waals surface area contributed by atoms with E-state index >= 15 is 0 Å². The van der Waals surface area contributed by atoms with Crippen LogP contribution in [0.5, 0.6) is 5.75 Å². The van der Waals surface area contributed by atoms with E-state index in [2.05, 4.69) is 4.99 Å².